The number of hydrogen-bond acceptors (Lipinski definition) is 4. The molecule has 1 aliphatic rings. The summed E-state index contributed by atoms with van der Waals surface area (Å²) in [5.41, 5.74) is 5.43. The first-order valence-corrected chi connectivity index (χ1v) is 6.07. The molecule has 0 radical (unpaired) electrons. The van der Waals surface area contributed by atoms with Gasteiger partial charge in [0.2, 0.25) is 5.91 Å². The lowest BCUT2D eigenvalue weighted by molar-refractivity contribution is -0.144. The highest BCUT2D eigenvalue weighted by molar-refractivity contribution is 5.78. The Bertz CT molecular complexity index is 325. The second kappa shape index (κ2) is 5.67. The first-order valence-electron chi connectivity index (χ1n) is 6.07. The number of carbonyl (C=O) groups is 2. The predicted molar refractivity (Wildman–Crippen MR) is 66.0 cm³/mol. The van der Waals surface area contributed by atoms with Gasteiger partial charge in [0.05, 0.1) is 19.3 Å². The van der Waals surface area contributed by atoms with Crippen LogP contribution in [0, 0.1) is 5.92 Å². The van der Waals surface area contributed by atoms with Crippen molar-refractivity contribution >= 4 is 11.9 Å². The number of rotatable bonds is 5. The van der Waals surface area contributed by atoms with Crippen molar-refractivity contribution in [2.75, 3.05) is 20.3 Å². The Hall–Kier alpha value is -1.14. The molecule has 0 saturated carbocycles. The average Bonchev–Trinajstić information content (AvgIpc) is 2.72. The van der Waals surface area contributed by atoms with Crippen LogP contribution in [-0.4, -0.2) is 53.7 Å². The van der Waals surface area contributed by atoms with Gasteiger partial charge in [0.25, 0.3) is 0 Å². The van der Waals surface area contributed by atoms with E-state index in [2.05, 4.69) is 0 Å². The molecule has 0 aromatic heterocycles. The zero-order valence-corrected chi connectivity index (χ0v) is 11.2. The third-order valence-electron chi connectivity index (χ3n) is 3.24. The van der Waals surface area contributed by atoms with E-state index in [0.29, 0.717) is 12.8 Å². The van der Waals surface area contributed by atoms with Gasteiger partial charge in [-0.2, -0.15) is 0 Å². The van der Waals surface area contributed by atoms with Gasteiger partial charge in [-0.3, -0.25) is 9.59 Å². The van der Waals surface area contributed by atoms with Gasteiger partial charge < -0.3 is 20.5 Å². The van der Waals surface area contributed by atoms with Crippen molar-refractivity contribution in [1.29, 1.82) is 0 Å². The van der Waals surface area contributed by atoms with E-state index in [1.165, 1.54) is 4.90 Å². The number of ether oxygens (including phenoxy) is 1. The highest BCUT2D eigenvalue weighted by Crippen LogP contribution is 2.20. The zero-order chi connectivity index (χ0) is 13.9. The van der Waals surface area contributed by atoms with Crippen LogP contribution in [0.4, 0.5) is 0 Å². The van der Waals surface area contributed by atoms with E-state index < -0.39 is 17.4 Å². The fourth-order valence-corrected chi connectivity index (χ4v) is 1.95. The Morgan fingerprint density at radius 3 is 2.56 bits per heavy atom. The Balaban J connectivity index is 2.55. The molecule has 6 heteroatoms. The summed E-state index contributed by atoms with van der Waals surface area (Å²) in [5.74, 6) is -1.64. The van der Waals surface area contributed by atoms with Gasteiger partial charge in [-0.25, -0.2) is 0 Å². The number of aliphatic carboxylic acids is 1. The first kappa shape index (κ1) is 14.9. The maximum absolute atomic E-state index is 12.0. The van der Waals surface area contributed by atoms with Crippen LogP contribution in [-0.2, 0) is 14.3 Å². The number of nitrogens with two attached hydrogens (primary N) is 1. The maximum atomic E-state index is 12.0. The smallest absolute Gasteiger partial charge is 0.311 e. The number of hydrogen-bond donors (Lipinski definition) is 2. The topological polar surface area (TPSA) is 92.9 Å². The van der Waals surface area contributed by atoms with Gasteiger partial charge in [0.1, 0.15) is 5.92 Å². The van der Waals surface area contributed by atoms with Crippen LogP contribution in [0.1, 0.15) is 26.7 Å². The average molecular weight is 258 g/mol. The minimum Gasteiger partial charge on any atom is -0.481 e. The molecule has 0 aliphatic carbocycles. The molecule has 6 nitrogen and oxygen atoms in total. The van der Waals surface area contributed by atoms with Gasteiger partial charge in [0.15, 0.2) is 0 Å². The molecule has 104 valence electrons. The molecule has 0 aromatic carbocycles. The molecule has 3 N–H and O–H groups in total. The van der Waals surface area contributed by atoms with Crippen LogP contribution in [0.5, 0.6) is 0 Å². The van der Waals surface area contributed by atoms with Gasteiger partial charge in [0, 0.05) is 19.0 Å². The molecule has 1 heterocycles. The number of carboxylic acid groups (broad SMARTS) is 1. The normalized spacial score (nSPS) is 24.0. The summed E-state index contributed by atoms with van der Waals surface area (Å²) in [7, 11) is 1.63. The molecule has 1 rings (SSSR count). The van der Waals surface area contributed by atoms with Crippen molar-refractivity contribution < 1.29 is 19.4 Å². The summed E-state index contributed by atoms with van der Waals surface area (Å²) in [6.07, 6.45) is 0.893. The summed E-state index contributed by atoms with van der Waals surface area (Å²) in [6, 6.07) is -0.379. The summed E-state index contributed by atoms with van der Waals surface area (Å²) in [5, 5.41) is 9.04. The molecule has 0 spiro atoms. The number of carbonyl (C=O) groups excluding carboxylic acids is 1. The second-order valence-electron chi connectivity index (χ2n) is 5.54. The molecule has 18 heavy (non-hydrogen) atoms. The van der Waals surface area contributed by atoms with E-state index in [0.717, 1.165) is 0 Å². The largest absolute Gasteiger partial charge is 0.481 e. The SMILES string of the molecule is CN(C(=O)CCC(C)(C)N)C1COCC1C(=O)O. The Labute approximate surface area is 107 Å². The summed E-state index contributed by atoms with van der Waals surface area (Å²) in [4.78, 5) is 24.5. The summed E-state index contributed by atoms with van der Waals surface area (Å²) >= 11 is 0. The number of likely N-dealkylation sites (N-methyl/N-ethyl adjacent to an activating group) is 1. The van der Waals surface area contributed by atoms with Crippen LogP contribution in [0.2, 0.25) is 0 Å². The Morgan fingerprint density at radius 1 is 1.44 bits per heavy atom. The van der Waals surface area contributed by atoms with E-state index in [9.17, 15) is 9.59 Å². The van der Waals surface area contributed by atoms with Crippen molar-refractivity contribution in [1.82, 2.24) is 4.90 Å². The van der Waals surface area contributed by atoms with Gasteiger partial charge >= 0.3 is 5.97 Å². The molecule has 0 aromatic rings. The van der Waals surface area contributed by atoms with E-state index in [-0.39, 0.29) is 25.2 Å². The van der Waals surface area contributed by atoms with E-state index in [4.69, 9.17) is 15.6 Å². The van der Waals surface area contributed by atoms with Gasteiger partial charge in [-0.15, -0.1) is 0 Å². The molecule has 1 aliphatic heterocycles. The quantitative estimate of drug-likeness (QED) is 0.727. The van der Waals surface area contributed by atoms with Gasteiger partial charge in [-0.05, 0) is 20.3 Å². The molecule has 1 saturated heterocycles. The molecule has 1 amide bonds. The molecular weight excluding hydrogens is 236 g/mol. The molecule has 2 unspecified atom stereocenters. The predicted octanol–water partition coefficient (Wildman–Crippen LogP) is 0.0619. The minimum absolute atomic E-state index is 0.0877. The minimum atomic E-state index is -0.920. The zero-order valence-electron chi connectivity index (χ0n) is 11.2. The molecule has 0 bridgehead atoms. The van der Waals surface area contributed by atoms with E-state index in [1.54, 1.807) is 7.05 Å². The van der Waals surface area contributed by atoms with Crippen LogP contribution in [0.15, 0.2) is 0 Å². The molecule has 2 atom stereocenters. The summed E-state index contributed by atoms with van der Waals surface area (Å²) in [6.45, 7) is 4.17. The molecular formula is C12H22N2O4. The number of nitrogens with zero attached hydrogens (tertiary/aromatic N) is 1. The van der Waals surface area contributed by atoms with Crippen molar-refractivity contribution in [3.05, 3.63) is 0 Å². The van der Waals surface area contributed by atoms with Gasteiger partial charge in [-0.1, -0.05) is 0 Å². The van der Waals surface area contributed by atoms with Crippen LogP contribution >= 0.6 is 0 Å². The number of carboxylic acids is 1. The fourth-order valence-electron chi connectivity index (χ4n) is 1.95. The number of amides is 1. The van der Waals surface area contributed by atoms with Crippen molar-refractivity contribution in [2.24, 2.45) is 11.7 Å². The summed E-state index contributed by atoms with van der Waals surface area (Å²) < 4.78 is 5.15. The lowest BCUT2D eigenvalue weighted by Crippen LogP contribution is -2.45. The third-order valence-corrected chi connectivity index (χ3v) is 3.24. The van der Waals surface area contributed by atoms with E-state index in [1.807, 2.05) is 13.8 Å². The fraction of sp³-hybridized carbons (Fsp3) is 0.833. The third kappa shape index (κ3) is 3.96. The van der Waals surface area contributed by atoms with Crippen LogP contribution in [0.3, 0.4) is 0 Å². The Morgan fingerprint density at radius 2 is 2.06 bits per heavy atom. The lowest BCUT2D eigenvalue weighted by atomic mass is 9.98. The monoisotopic (exact) mass is 258 g/mol. The van der Waals surface area contributed by atoms with E-state index >= 15 is 0 Å². The highest BCUT2D eigenvalue weighted by atomic mass is 16.5. The Kier molecular flexibility index (Phi) is 4.70. The standard InChI is InChI=1S/C12H22N2O4/c1-12(2,13)5-4-10(15)14(3)9-7-18-6-8(9)11(16)17/h8-9H,4-7,13H2,1-3H3,(H,16,17). The van der Waals surface area contributed by atoms with Crippen molar-refractivity contribution in [2.45, 2.75) is 38.3 Å². The van der Waals surface area contributed by atoms with Crippen molar-refractivity contribution in [3.63, 3.8) is 0 Å². The molecule has 1 fully saturated rings. The van der Waals surface area contributed by atoms with Crippen LogP contribution < -0.4 is 5.73 Å². The second-order valence-corrected chi connectivity index (χ2v) is 5.54. The lowest BCUT2D eigenvalue weighted by Gasteiger charge is -2.27. The van der Waals surface area contributed by atoms with Crippen LogP contribution in [0.25, 0.3) is 0 Å². The highest BCUT2D eigenvalue weighted by Gasteiger charge is 2.38. The first-order chi connectivity index (χ1) is 8.22. The van der Waals surface area contributed by atoms with Crippen molar-refractivity contribution in [3.8, 4) is 0 Å². The maximum Gasteiger partial charge on any atom is 0.311 e.